The zero-order chi connectivity index (χ0) is 10.9. The molecule has 1 aliphatic carbocycles. The third kappa shape index (κ3) is 3.55. The van der Waals surface area contributed by atoms with Crippen molar-refractivity contribution >= 4 is 27.3 Å². The lowest BCUT2D eigenvalue weighted by molar-refractivity contribution is 0.307. The quantitative estimate of drug-likeness (QED) is 0.902. The van der Waals surface area contributed by atoms with E-state index in [1.54, 1.807) is 0 Å². The standard InChI is InChI=1S/C11H17BrN2S/c1-14(8-11(13)3-4-11)5-2-10-6-9(12)7-15-10/h6-7H,2-5,8,13H2,1H3. The van der Waals surface area contributed by atoms with Crippen LogP contribution in [0, 0.1) is 0 Å². The van der Waals surface area contributed by atoms with Gasteiger partial charge in [0.1, 0.15) is 0 Å². The fraction of sp³-hybridized carbons (Fsp3) is 0.636. The van der Waals surface area contributed by atoms with Crippen LogP contribution in [0.25, 0.3) is 0 Å². The maximum absolute atomic E-state index is 6.07. The average molecular weight is 289 g/mol. The van der Waals surface area contributed by atoms with Gasteiger partial charge in [0.2, 0.25) is 0 Å². The van der Waals surface area contributed by atoms with E-state index in [-0.39, 0.29) is 5.54 Å². The molecule has 2 N–H and O–H groups in total. The zero-order valence-electron chi connectivity index (χ0n) is 9.00. The molecule has 1 heterocycles. The van der Waals surface area contributed by atoms with Gasteiger partial charge in [0, 0.05) is 33.4 Å². The second kappa shape index (κ2) is 4.53. The predicted octanol–water partition coefficient (Wildman–Crippen LogP) is 2.48. The number of thiophene rings is 1. The Kier molecular flexibility index (Phi) is 3.50. The summed E-state index contributed by atoms with van der Waals surface area (Å²) in [6.07, 6.45) is 3.52. The highest BCUT2D eigenvalue weighted by molar-refractivity contribution is 9.10. The monoisotopic (exact) mass is 288 g/mol. The Bertz CT molecular complexity index is 333. The van der Waals surface area contributed by atoms with Gasteiger partial charge in [-0.05, 0) is 48.3 Å². The maximum Gasteiger partial charge on any atom is 0.0285 e. The molecule has 0 atom stereocenters. The summed E-state index contributed by atoms with van der Waals surface area (Å²) in [6.45, 7) is 2.14. The number of likely N-dealkylation sites (N-methyl/N-ethyl adjacent to an activating group) is 1. The number of nitrogens with zero attached hydrogens (tertiary/aromatic N) is 1. The minimum Gasteiger partial charge on any atom is -0.324 e. The molecule has 1 aromatic heterocycles. The summed E-state index contributed by atoms with van der Waals surface area (Å²) in [4.78, 5) is 3.79. The van der Waals surface area contributed by atoms with E-state index < -0.39 is 0 Å². The molecule has 15 heavy (non-hydrogen) atoms. The smallest absolute Gasteiger partial charge is 0.0285 e. The highest BCUT2D eigenvalue weighted by Gasteiger charge is 2.38. The molecule has 0 radical (unpaired) electrons. The lowest BCUT2D eigenvalue weighted by Crippen LogP contribution is -2.38. The Labute approximate surface area is 104 Å². The van der Waals surface area contributed by atoms with Crippen LogP contribution >= 0.6 is 27.3 Å². The number of hydrogen-bond donors (Lipinski definition) is 1. The summed E-state index contributed by atoms with van der Waals surface area (Å²) >= 11 is 5.30. The molecule has 1 aliphatic rings. The topological polar surface area (TPSA) is 29.3 Å². The molecular formula is C11H17BrN2S. The molecule has 0 spiro atoms. The van der Waals surface area contributed by atoms with E-state index in [0.29, 0.717) is 0 Å². The number of nitrogens with two attached hydrogens (primary N) is 1. The first-order chi connectivity index (χ1) is 7.07. The number of rotatable bonds is 5. The summed E-state index contributed by atoms with van der Waals surface area (Å²) in [7, 11) is 2.16. The molecule has 1 saturated carbocycles. The van der Waals surface area contributed by atoms with E-state index >= 15 is 0 Å². The Balaban J connectivity index is 1.73. The van der Waals surface area contributed by atoms with Crippen molar-refractivity contribution in [2.75, 3.05) is 20.1 Å². The van der Waals surface area contributed by atoms with E-state index in [1.807, 2.05) is 11.3 Å². The molecule has 0 unspecified atom stereocenters. The van der Waals surface area contributed by atoms with Crippen LogP contribution in [0.15, 0.2) is 15.9 Å². The van der Waals surface area contributed by atoms with Crippen LogP contribution in [0.4, 0.5) is 0 Å². The SMILES string of the molecule is CN(CCc1cc(Br)cs1)CC1(N)CC1. The predicted molar refractivity (Wildman–Crippen MR) is 69.4 cm³/mol. The zero-order valence-corrected chi connectivity index (χ0v) is 11.4. The minimum absolute atomic E-state index is 0.144. The molecule has 4 heteroatoms. The molecule has 0 aromatic carbocycles. The third-order valence-electron chi connectivity index (χ3n) is 2.84. The van der Waals surface area contributed by atoms with Gasteiger partial charge in [0.25, 0.3) is 0 Å². The lowest BCUT2D eigenvalue weighted by atomic mass is 10.2. The van der Waals surface area contributed by atoms with Gasteiger partial charge in [0.15, 0.2) is 0 Å². The van der Waals surface area contributed by atoms with Gasteiger partial charge >= 0.3 is 0 Å². The van der Waals surface area contributed by atoms with Crippen LogP contribution in [0.1, 0.15) is 17.7 Å². The van der Waals surface area contributed by atoms with Gasteiger partial charge in [-0.1, -0.05) is 0 Å². The molecular weight excluding hydrogens is 272 g/mol. The maximum atomic E-state index is 6.07. The molecule has 2 nitrogen and oxygen atoms in total. The van der Waals surface area contributed by atoms with E-state index in [0.717, 1.165) is 19.5 Å². The van der Waals surface area contributed by atoms with Gasteiger partial charge in [-0.3, -0.25) is 0 Å². The van der Waals surface area contributed by atoms with Crippen molar-refractivity contribution in [2.45, 2.75) is 24.8 Å². The fourth-order valence-electron chi connectivity index (χ4n) is 1.72. The van der Waals surface area contributed by atoms with E-state index in [9.17, 15) is 0 Å². The Morgan fingerprint density at radius 3 is 2.87 bits per heavy atom. The molecule has 1 fully saturated rings. The van der Waals surface area contributed by atoms with Crippen molar-refractivity contribution in [1.29, 1.82) is 0 Å². The van der Waals surface area contributed by atoms with Crippen LogP contribution in [-0.2, 0) is 6.42 Å². The van der Waals surface area contributed by atoms with Crippen molar-refractivity contribution in [2.24, 2.45) is 5.73 Å². The highest BCUT2D eigenvalue weighted by Crippen LogP contribution is 2.32. The lowest BCUT2D eigenvalue weighted by Gasteiger charge is -2.20. The fourth-order valence-corrected chi connectivity index (χ4v) is 3.17. The first-order valence-electron chi connectivity index (χ1n) is 5.28. The molecule has 1 aromatic rings. The highest BCUT2D eigenvalue weighted by atomic mass is 79.9. The van der Waals surface area contributed by atoms with Crippen molar-refractivity contribution in [3.05, 3.63) is 20.8 Å². The summed E-state index contributed by atoms with van der Waals surface area (Å²) < 4.78 is 1.20. The first-order valence-corrected chi connectivity index (χ1v) is 6.95. The summed E-state index contributed by atoms with van der Waals surface area (Å²) in [5.74, 6) is 0. The van der Waals surface area contributed by atoms with Crippen LogP contribution < -0.4 is 5.73 Å². The van der Waals surface area contributed by atoms with E-state index in [1.165, 1.54) is 22.2 Å². The summed E-state index contributed by atoms with van der Waals surface area (Å²) in [5.41, 5.74) is 6.22. The van der Waals surface area contributed by atoms with Crippen LogP contribution in [-0.4, -0.2) is 30.6 Å². The Morgan fingerprint density at radius 2 is 2.33 bits per heavy atom. The van der Waals surface area contributed by atoms with Gasteiger partial charge < -0.3 is 10.6 Å². The van der Waals surface area contributed by atoms with Gasteiger partial charge in [-0.2, -0.15) is 0 Å². The summed E-state index contributed by atoms with van der Waals surface area (Å²) in [5, 5.41) is 2.14. The molecule has 0 aliphatic heterocycles. The van der Waals surface area contributed by atoms with Crippen LogP contribution in [0.2, 0.25) is 0 Å². The van der Waals surface area contributed by atoms with Crippen LogP contribution in [0.3, 0.4) is 0 Å². The van der Waals surface area contributed by atoms with Crippen molar-refractivity contribution < 1.29 is 0 Å². The molecule has 0 bridgehead atoms. The van der Waals surface area contributed by atoms with Crippen LogP contribution in [0.5, 0.6) is 0 Å². The van der Waals surface area contributed by atoms with Crippen molar-refractivity contribution in [3.8, 4) is 0 Å². The van der Waals surface area contributed by atoms with Gasteiger partial charge in [-0.15, -0.1) is 11.3 Å². The number of halogens is 1. The normalized spacial score (nSPS) is 18.4. The first kappa shape index (κ1) is 11.6. The van der Waals surface area contributed by atoms with Crippen molar-refractivity contribution in [3.63, 3.8) is 0 Å². The van der Waals surface area contributed by atoms with Gasteiger partial charge in [-0.25, -0.2) is 0 Å². The third-order valence-corrected chi connectivity index (χ3v) is 4.60. The van der Waals surface area contributed by atoms with E-state index in [2.05, 4.69) is 39.3 Å². The largest absolute Gasteiger partial charge is 0.324 e. The Morgan fingerprint density at radius 1 is 1.60 bits per heavy atom. The Hall–Kier alpha value is 0.1000. The molecule has 2 rings (SSSR count). The second-order valence-corrected chi connectivity index (χ2v) is 6.49. The van der Waals surface area contributed by atoms with Gasteiger partial charge in [0.05, 0.1) is 0 Å². The molecule has 0 amide bonds. The second-order valence-electron chi connectivity index (χ2n) is 4.58. The minimum atomic E-state index is 0.144. The summed E-state index contributed by atoms with van der Waals surface area (Å²) in [6, 6.07) is 2.20. The number of hydrogen-bond acceptors (Lipinski definition) is 3. The van der Waals surface area contributed by atoms with E-state index in [4.69, 9.17) is 5.73 Å². The van der Waals surface area contributed by atoms with Crippen molar-refractivity contribution in [1.82, 2.24) is 4.90 Å². The molecule has 84 valence electrons. The average Bonchev–Trinajstić information content (AvgIpc) is 2.74. The molecule has 0 saturated heterocycles.